The predicted molar refractivity (Wildman–Crippen MR) is 144 cm³/mol. The number of hydrogen-bond acceptors (Lipinski definition) is 7. The van der Waals surface area contributed by atoms with Gasteiger partial charge in [-0.1, -0.05) is 30.3 Å². The van der Waals surface area contributed by atoms with Crippen molar-refractivity contribution in [3.8, 4) is 23.0 Å². The molecule has 2 aliphatic heterocycles. The molecule has 2 fully saturated rings. The number of hydrogen-bond donors (Lipinski definition) is 1. The van der Waals surface area contributed by atoms with Crippen molar-refractivity contribution in [2.75, 3.05) is 39.5 Å². The molecule has 2 saturated heterocycles. The number of ether oxygens (including phenoxy) is 2. The van der Waals surface area contributed by atoms with Crippen LogP contribution in [0, 0.1) is 11.3 Å². The predicted octanol–water partition coefficient (Wildman–Crippen LogP) is 2.76. The molecule has 1 unspecified atom stereocenters. The quantitative estimate of drug-likeness (QED) is 0.339. The second-order valence-corrected chi connectivity index (χ2v) is 11.2. The van der Waals surface area contributed by atoms with E-state index in [-0.39, 0.29) is 29.7 Å². The topological polar surface area (TPSA) is 127 Å². The van der Waals surface area contributed by atoms with Crippen LogP contribution >= 0.6 is 0 Å². The summed E-state index contributed by atoms with van der Waals surface area (Å²) in [6.07, 6.45) is 4.96. The lowest BCUT2D eigenvalue weighted by atomic mass is 10.1. The molecule has 1 amide bonds. The Balaban J connectivity index is 1.51. The molecule has 2 aliphatic rings. The van der Waals surface area contributed by atoms with Crippen LogP contribution in [0.5, 0.6) is 0 Å². The lowest BCUT2D eigenvalue weighted by molar-refractivity contribution is -0.117. The summed E-state index contributed by atoms with van der Waals surface area (Å²) in [6, 6.07) is 17.9. The molecule has 5 rings (SSSR count). The average molecular weight is 548 g/mol. The number of carbonyl (C=O) groups is 1. The lowest BCUT2D eigenvalue weighted by Crippen LogP contribution is -2.40. The third-order valence-corrected chi connectivity index (χ3v) is 8.55. The van der Waals surface area contributed by atoms with Crippen molar-refractivity contribution < 1.29 is 22.7 Å². The monoisotopic (exact) mass is 547 g/mol. The van der Waals surface area contributed by atoms with Gasteiger partial charge in [0.15, 0.2) is 0 Å². The van der Waals surface area contributed by atoms with E-state index in [2.05, 4.69) is 5.32 Å². The molecule has 0 spiro atoms. The molecule has 3 heterocycles. The van der Waals surface area contributed by atoms with Gasteiger partial charge in [0.25, 0.3) is 5.91 Å². The molecule has 10 nitrogen and oxygen atoms in total. The second-order valence-electron chi connectivity index (χ2n) is 9.27. The van der Waals surface area contributed by atoms with Crippen LogP contribution < -0.4 is 5.32 Å². The minimum absolute atomic E-state index is 0.0542. The van der Waals surface area contributed by atoms with Crippen LogP contribution in [0.4, 0.5) is 0 Å². The normalized spacial score (nSPS) is 18.5. The van der Waals surface area contributed by atoms with E-state index in [1.165, 1.54) is 10.4 Å². The average Bonchev–Trinajstić information content (AvgIpc) is 3.66. The highest BCUT2D eigenvalue weighted by Crippen LogP contribution is 2.29. The van der Waals surface area contributed by atoms with E-state index in [0.29, 0.717) is 43.2 Å². The Kier molecular flexibility index (Phi) is 8.18. The van der Waals surface area contributed by atoms with E-state index in [9.17, 15) is 18.5 Å². The second kappa shape index (κ2) is 11.9. The van der Waals surface area contributed by atoms with Crippen LogP contribution in [0.25, 0.3) is 23.0 Å². The van der Waals surface area contributed by atoms with E-state index >= 15 is 0 Å². The van der Waals surface area contributed by atoms with Crippen LogP contribution in [0.15, 0.2) is 71.3 Å². The highest BCUT2D eigenvalue weighted by molar-refractivity contribution is 7.89. The molecular formula is C28H29N5O5S. The van der Waals surface area contributed by atoms with Crippen LogP contribution in [0.2, 0.25) is 0 Å². The van der Waals surface area contributed by atoms with Gasteiger partial charge in [-0.05, 0) is 43.2 Å². The van der Waals surface area contributed by atoms with Gasteiger partial charge in [-0.3, -0.25) is 4.79 Å². The van der Waals surface area contributed by atoms with Gasteiger partial charge in [-0.2, -0.15) is 14.7 Å². The van der Waals surface area contributed by atoms with Crippen molar-refractivity contribution in [1.82, 2.24) is 19.4 Å². The maximum atomic E-state index is 13.3. The summed E-state index contributed by atoms with van der Waals surface area (Å²) >= 11 is 0. The molecular weight excluding hydrogens is 518 g/mol. The van der Waals surface area contributed by atoms with Gasteiger partial charge in [-0.15, -0.1) is 0 Å². The zero-order chi connectivity index (χ0) is 27.2. The summed E-state index contributed by atoms with van der Waals surface area (Å²) in [6.45, 7) is 2.27. The summed E-state index contributed by atoms with van der Waals surface area (Å²) < 4.78 is 40.5. The zero-order valence-electron chi connectivity index (χ0n) is 21.3. The largest absolute Gasteiger partial charge is 0.379 e. The number of nitrogens with zero attached hydrogens (tertiary/aromatic N) is 4. The van der Waals surface area contributed by atoms with Crippen molar-refractivity contribution in [2.24, 2.45) is 0 Å². The molecule has 39 heavy (non-hydrogen) atoms. The smallest absolute Gasteiger partial charge is 0.262 e. The number of morpholine rings is 1. The van der Waals surface area contributed by atoms with Crippen molar-refractivity contribution in [1.29, 1.82) is 5.26 Å². The number of rotatable bonds is 8. The van der Waals surface area contributed by atoms with Crippen molar-refractivity contribution in [3.05, 3.63) is 71.9 Å². The standard InChI is InChI=1S/C28H29N5O5S/c29-18-22(28(34)30-19-25-9-5-13-38-25)16-23-20-33(24-7-2-1-3-8-24)31-27(23)21-6-4-10-26(17-21)39(35,36)32-11-14-37-15-12-32/h1-4,6-8,10,16-17,20,25H,5,9,11-15,19H2,(H,30,34)/b22-16-. The highest BCUT2D eigenvalue weighted by Gasteiger charge is 2.27. The minimum Gasteiger partial charge on any atom is -0.379 e. The summed E-state index contributed by atoms with van der Waals surface area (Å²) in [5.41, 5.74) is 2.18. The Hall–Kier alpha value is -3.82. The van der Waals surface area contributed by atoms with E-state index < -0.39 is 15.9 Å². The Labute approximate surface area is 227 Å². The third kappa shape index (κ3) is 6.10. The molecule has 0 radical (unpaired) electrons. The van der Waals surface area contributed by atoms with Crippen molar-refractivity contribution in [2.45, 2.75) is 23.8 Å². The molecule has 11 heteroatoms. The highest BCUT2D eigenvalue weighted by atomic mass is 32.2. The molecule has 0 saturated carbocycles. The van der Waals surface area contributed by atoms with Gasteiger partial charge in [-0.25, -0.2) is 13.1 Å². The van der Waals surface area contributed by atoms with Gasteiger partial charge in [0, 0.05) is 43.6 Å². The summed E-state index contributed by atoms with van der Waals surface area (Å²) in [5.74, 6) is -0.505. The first-order valence-corrected chi connectivity index (χ1v) is 14.2. The van der Waals surface area contributed by atoms with Gasteiger partial charge >= 0.3 is 0 Å². The number of nitriles is 1. The van der Waals surface area contributed by atoms with Gasteiger partial charge in [0.2, 0.25) is 10.0 Å². The fourth-order valence-corrected chi connectivity index (χ4v) is 6.04. The lowest BCUT2D eigenvalue weighted by Gasteiger charge is -2.26. The number of benzene rings is 2. The molecule has 3 aromatic rings. The molecule has 1 atom stereocenters. The Morgan fingerprint density at radius 2 is 1.92 bits per heavy atom. The third-order valence-electron chi connectivity index (χ3n) is 6.66. The first-order chi connectivity index (χ1) is 19.0. The number of sulfonamides is 1. The van der Waals surface area contributed by atoms with E-state index in [4.69, 9.17) is 14.6 Å². The van der Waals surface area contributed by atoms with Crippen LogP contribution in [-0.4, -0.2) is 74.0 Å². The molecule has 0 bridgehead atoms. The number of aromatic nitrogens is 2. The van der Waals surface area contributed by atoms with Gasteiger partial charge in [0.1, 0.15) is 17.3 Å². The number of carbonyl (C=O) groups excluding carboxylic acids is 1. The Bertz CT molecular complexity index is 1500. The number of para-hydroxylation sites is 1. The molecule has 202 valence electrons. The van der Waals surface area contributed by atoms with E-state index in [1.807, 2.05) is 36.4 Å². The minimum atomic E-state index is -3.73. The molecule has 0 aliphatic carbocycles. The maximum absolute atomic E-state index is 13.3. The van der Waals surface area contributed by atoms with E-state index in [0.717, 1.165) is 18.5 Å². The van der Waals surface area contributed by atoms with Gasteiger partial charge < -0.3 is 14.8 Å². The zero-order valence-corrected chi connectivity index (χ0v) is 22.1. The molecule has 1 N–H and O–H groups in total. The van der Waals surface area contributed by atoms with Crippen molar-refractivity contribution >= 4 is 22.0 Å². The van der Waals surface area contributed by atoms with Crippen LogP contribution in [-0.2, 0) is 24.3 Å². The summed E-state index contributed by atoms with van der Waals surface area (Å²) in [5, 5.41) is 17.3. The number of amides is 1. The van der Waals surface area contributed by atoms with E-state index in [1.54, 1.807) is 35.1 Å². The van der Waals surface area contributed by atoms with Gasteiger partial charge in [0.05, 0.1) is 29.9 Å². The molecule has 2 aromatic carbocycles. The van der Waals surface area contributed by atoms with Crippen LogP contribution in [0.1, 0.15) is 18.4 Å². The molecule has 1 aromatic heterocycles. The fraction of sp³-hybridized carbons (Fsp3) is 0.321. The summed E-state index contributed by atoms with van der Waals surface area (Å²) in [4.78, 5) is 13.0. The fourth-order valence-electron chi connectivity index (χ4n) is 4.58. The first-order valence-electron chi connectivity index (χ1n) is 12.8. The summed E-state index contributed by atoms with van der Waals surface area (Å²) in [7, 11) is -3.73. The van der Waals surface area contributed by atoms with Crippen LogP contribution in [0.3, 0.4) is 0 Å². The van der Waals surface area contributed by atoms with Crippen molar-refractivity contribution in [3.63, 3.8) is 0 Å². The number of nitrogens with one attached hydrogen (secondary N) is 1. The SMILES string of the molecule is N#C/C(=C/c1cn(-c2ccccc2)nc1-c1cccc(S(=O)(=O)N2CCOCC2)c1)C(=O)NCC1CCCO1. The first kappa shape index (κ1) is 26.8. The Morgan fingerprint density at radius 3 is 2.64 bits per heavy atom. The maximum Gasteiger partial charge on any atom is 0.262 e. The Morgan fingerprint density at radius 1 is 1.13 bits per heavy atom.